The molecule has 2 fully saturated rings. The molecule has 2 N–H and O–H groups in total. The number of anilines is 1. The number of ether oxygens (including phenoxy) is 1. The van der Waals surface area contributed by atoms with Gasteiger partial charge in [-0.1, -0.05) is 6.58 Å². The van der Waals surface area contributed by atoms with E-state index in [4.69, 9.17) is 4.74 Å². The Labute approximate surface area is 153 Å². The van der Waals surface area contributed by atoms with Crippen LogP contribution in [-0.4, -0.2) is 47.6 Å². The second-order valence-electron chi connectivity index (χ2n) is 7.02. The maximum atomic E-state index is 13.2. The minimum Gasteiger partial charge on any atom is -0.507 e. The first kappa shape index (κ1) is 18.5. The van der Waals surface area contributed by atoms with Gasteiger partial charge >= 0.3 is 0 Å². The fourth-order valence-electron chi connectivity index (χ4n) is 3.44. The highest BCUT2D eigenvalue weighted by Crippen LogP contribution is 2.31. The molecular formula is C20H26N2O4. The summed E-state index contributed by atoms with van der Waals surface area (Å²) in [5.41, 5.74) is 0.696. The molecule has 1 saturated carbocycles. The van der Waals surface area contributed by atoms with Crippen molar-refractivity contribution in [3.05, 3.63) is 36.4 Å². The molecule has 0 aromatic heterocycles. The number of hydrogen-bond donors (Lipinski definition) is 2. The van der Waals surface area contributed by atoms with Crippen LogP contribution in [0.4, 0.5) is 5.69 Å². The fraction of sp³-hybridized carbons (Fsp3) is 0.500. The summed E-state index contributed by atoms with van der Waals surface area (Å²) in [5.74, 6) is -0.164. The lowest BCUT2D eigenvalue weighted by atomic mass is 9.89. The van der Waals surface area contributed by atoms with Crippen molar-refractivity contribution in [2.24, 2.45) is 5.92 Å². The SMILES string of the molecule is C=CC(=O)Nc1ccc(O)c(C(=O)N(CC2CCOCC2)C2CCC2)c1. The highest BCUT2D eigenvalue weighted by molar-refractivity contribution is 6.02. The standard InChI is InChI=1S/C20H26N2O4/c1-2-19(24)21-15-6-7-18(23)17(12-15)20(25)22(16-4-3-5-16)13-14-8-10-26-11-9-14/h2,6-7,12,14,16,23H,1,3-5,8-11,13H2,(H,21,24). The van der Waals surface area contributed by atoms with Crippen LogP contribution in [0.15, 0.2) is 30.9 Å². The summed E-state index contributed by atoms with van der Waals surface area (Å²) in [7, 11) is 0. The first-order valence-electron chi connectivity index (χ1n) is 9.23. The summed E-state index contributed by atoms with van der Waals surface area (Å²) in [5, 5.41) is 12.9. The Hall–Kier alpha value is -2.34. The van der Waals surface area contributed by atoms with E-state index in [1.165, 1.54) is 18.2 Å². The molecule has 2 amide bonds. The highest BCUT2D eigenvalue weighted by Gasteiger charge is 2.32. The Kier molecular flexibility index (Phi) is 5.93. The van der Waals surface area contributed by atoms with Gasteiger partial charge in [0.1, 0.15) is 5.75 Å². The quantitative estimate of drug-likeness (QED) is 0.605. The number of nitrogens with zero attached hydrogens (tertiary/aromatic N) is 1. The number of carbonyl (C=O) groups is 2. The van der Waals surface area contributed by atoms with E-state index in [1.54, 1.807) is 6.07 Å². The Morgan fingerprint density at radius 1 is 1.27 bits per heavy atom. The Bertz CT molecular complexity index is 678. The molecule has 0 radical (unpaired) electrons. The molecular weight excluding hydrogens is 332 g/mol. The third kappa shape index (κ3) is 4.25. The van der Waals surface area contributed by atoms with Gasteiger partial charge in [-0.05, 0) is 62.3 Å². The predicted octanol–water partition coefficient (Wildman–Crippen LogP) is 2.94. The molecule has 1 aromatic carbocycles. The average molecular weight is 358 g/mol. The number of rotatable bonds is 6. The van der Waals surface area contributed by atoms with Crippen LogP contribution in [0.2, 0.25) is 0 Å². The number of phenols is 1. The van der Waals surface area contributed by atoms with Gasteiger partial charge in [-0.25, -0.2) is 0 Å². The van der Waals surface area contributed by atoms with Crippen molar-refractivity contribution in [2.75, 3.05) is 25.1 Å². The van der Waals surface area contributed by atoms with E-state index in [1.807, 2.05) is 4.90 Å². The van der Waals surface area contributed by atoms with E-state index in [-0.39, 0.29) is 29.2 Å². The lowest BCUT2D eigenvalue weighted by Crippen LogP contribution is -2.47. The molecule has 26 heavy (non-hydrogen) atoms. The maximum Gasteiger partial charge on any atom is 0.257 e. The number of aromatic hydroxyl groups is 1. The molecule has 1 aliphatic carbocycles. The molecule has 0 spiro atoms. The molecule has 6 heteroatoms. The molecule has 1 heterocycles. The van der Waals surface area contributed by atoms with Crippen LogP contribution in [0.1, 0.15) is 42.5 Å². The Morgan fingerprint density at radius 2 is 2.00 bits per heavy atom. The van der Waals surface area contributed by atoms with Gasteiger partial charge in [-0.3, -0.25) is 9.59 Å². The molecule has 1 aliphatic heterocycles. The second kappa shape index (κ2) is 8.36. The predicted molar refractivity (Wildman–Crippen MR) is 99.2 cm³/mol. The summed E-state index contributed by atoms with van der Waals surface area (Å²) in [6, 6.07) is 4.78. The van der Waals surface area contributed by atoms with Crippen molar-refractivity contribution in [3.63, 3.8) is 0 Å². The number of phenolic OH excluding ortho intramolecular Hbond substituents is 1. The molecule has 0 unspecified atom stereocenters. The molecule has 0 bridgehead atoms. The molecule has 0 atom stereocenters. The molecule has 6 nitrogen and oxygen atoms in total. The van der Waals surface area contributed by atoms with E-state index < -0.39 is 0 Å². The van der Waals surface area contributed by atoms with Gasteiger partial charge in [0.05, 0.1) is 5.56 Å². The van der Waals surface area contributed by atoms with E-state index in [2.05, 4.69) is 11.9 Å². The maximum absolute atomic E-state index is 13.2. The average Bonchev–Trinajstić information content (AvgIpc) is 2.61. The highest BCUT2D eigenvalue weighted by atomic mass is 16.5. The van der Waals surface area contributed by atoms with E-state index >= 15 is 0 Å². The number of carbonyl (C=O) groups excluding carboxylic acids is 2. The van der Waals surface area contributed by atoms with E-state index in [0.29, 0.717) is 18.2 Å². The normalized spacial score (nSPS) is 18.0. The van der Waals surface area contributed by atoms with Crippen LogP contribution in [0, 0.1) is 5.92 Å². The Balaban J connectivity index is 1.79. The van der Waals surface area contributed by atoms with E-state index in [9.17, 15) is 14.7 Å². The zero-order chi connectivity index (χ0) is 18.5. The summed E-state index contributed by atoms with van der Waals surface area (Å²) in [6.07, 6.45) is 6.21. The third-order valence-corrected chi connectivity index (χ3v) is 5.25. The van der Waals surface area contributed by atoms with Crippen molar-refractivity contribution in [1.82, 2.24) is 4.90 Å². The number of amides is 2. The van der Waals surface area contributed by atoms with E-state index in [0.717, 1.165) is 45.3 Å². The van der Waals surface area contributed by atoms with Gasteiger partial charge in [-0.2, -0.15) is 0 Å². The zero-order valence-corrected chi connectivity index (χ0v) is 14.9. The molecule has 2 aliphatic rings. The molecule has 140 valence electrons. The summed E-state index contributed by atoms with van der Waals surface area (Å²) in [4.78, 5) is 26.6. The largest absolute Gasteiger partial charge is 0.507 e. The van der Waals surface area contributed by atoms with Gasteiger partial charge in [-0.15, -0.1) is 0 Å². The first-order chi connectivity index (χ1) is 12.6. The van der Waals surface area contributed by atoms with Crippen molar-refractivity contribution in [2.45, 2.75) is 38.1 Å². The van der Waals surface area contributed by atoms with Gasteiger partial charge in [0.15, 0.2) is 0 Å². The van der Waals surface area contributed by atoms with Crippen molar-refractivity contribution < 1.29 is 19.4 Å². The number of hydrogen-bond acceptors (Lipinski definition) is 4. The third-order valence-electron chi connectivity index (χ3n) is 5.25. The van der Waals surface area contributed by atoms with Crippen LogP contribution in [0.3, 0.4) is 0 Å². The lowest BCUT2D eigenvalue weighted by molar-refractivity contribution is -0.111. The van der Waals surface area contributed by atoms with Gasteiger partial charge < -0.3 is 20.1 Å². The number of nitrogens with one attached hydrogen (secondary N) is 1. The van der Waals surface area contributed by atoms with Crippen LogP contribution in [0.5, 0.6) is 5.75 Å². The molecule has 3 rings (SSSR count). The summed E-state index contributed by atoms with van der Waals surface area (Å²) >= 11 is 0. The van der Waals surface area contributed by atoms with Crippen molar-refractivity contribution in [3.8, 4) is 5.75 Å². The van der Waals surface area contributed by atoms with Crippen LogP contribution >= 0.6 is 0 Å². The van der Waals surface area contributed by atoms with Gasteiger partial charge in [0.2, 0.25) is 5.91 Å². The van der Waals surface area contributed by atoms with Gasteiger partial charge in [0, 0.05) is 31.5 Å². The second-order valence-corrected chi connectivity index (χ2v) is 7.02. The number of benzene rings is 1. The fourth-order valence-corrected chi connectivity index (χ4v) is 3.44. The smallest absolute Gasteiger partial charge is 0.257 e. The van der Waals surface area contributed by atoms with Crippen molar-refractivity contribution >= 4 is 17.5 Å². The van der Waals surface area contributed by atoms with Crippen LogP contribution in [0.25, 0.3) is 0 Å². The minimum atomic E-state index is -0.354. The summed E-state index contributed by atoms with van der Waals surface area (Å²) < 4.78 is 5.42. The molecule has 1 aromatic rings. The van der Waals surface area contributed by atoms with Crippen molar-refractivity contribution in [1.29, 1.82) is 0 Å². The molecule has 1 saturated heterocycles. The Morgan fingerprint density at radius 3 is 2.62 bits per heavy atom. The van der Waals surface area contributed by atoms with Gasteiger partial charge in [0.25, 0.3) is 5.91 Å². The van der Waals surface area contributed by atoms with Crippen LogP contribution < -0.4 is 5.32 Å². The minimum absolute atomic E-state index is 0.0668. The van der Waals surface area contributed by atoms with Crippen LogP contribution in [-0.2, 0) is 9.53 Å². The zero-order valence-electron chi connectivity index (χ0n) is 14.9. The summed E-state index contributed by atoms with van der Waals surface area (Å²) in [6.45, 7) is 5.59. The first-order valence-corrected chi connectivity index (χ1v) is 9.23. The topological polar surface area (TPSA) is 78.9 Å². The monoisotopic (exact) mass is 358 g/mol. The lowest BCUT2D eigenvalue weighted by Gasteiger charge is -2.40.